The Morgan fingerprint density at radius 1 is 1.14 bits per heavy atom. The lowest BCUT2D eigenvalue weighted by Crippen LogP contribution is -2.30. The molecule has 0 aliphatic carbocycles. The summed E-state index contributed by atoms with van der Waals surface area (Å²) in [6.45, 7) is 2.68. The second-order valence-electron chi connectivity index (χ2n) is 8.01. The van der Waals surface area contributed by atoms with Crippen molar-refractivity contribution >= 4 is 54.4 Å². The molecule has 0 atom stereocenters. The Hall–Kier alpha value is -2.66. The number of carbonyl (C=O) groups excluding carboxylic acids is 1. The van der Waals surface area contributed by atoms with Gasteiger partial charge in [-0.25, -0.2) is 17.7 Å². The van der Waals surface area contributed by atoms with Crippen LogP contribution in [-0.2, 0) is 16.6 Å². The third-order valence-electron chi connectivity index (χ3n) is 5.59. The quantitative estimate of drug-likeness (QED) is 0.239. The smallest absolute Gasteiger partial charge is 0.260 e. The van der Waals surface area contributed by atoms with Crippen LogP contribution in [-0.4, -0.2) is 43.5 Å². The maximum absolute atomic E-state index is 13.6. The Kier molecular flexibility index (Phi) is 7.95. The third kappa shape index (κ3) is 5.61. The number of carbonyl (C=O) groups is 1. The monoisotopic (exact) mass is 529 g/mol. The lowest BCUT2D eigenvalue weighted by Gasteiger charge is -2.20. The zero-order chi connectivity index (χ0) is 25.0. The van der Waals surface area contributed by atoms with Crippen LogP contribution in [0.4, 0.5) is 5.13 Å². The van der Waals surface area contributed by atoms with Crippen molar-refractivity contribution < 1.29 is 17.6 Å². The van der Waals surface area contributed by atoms with E-state index in [0.717, 1.165) is 28.0 Å². The van der Waals surface area contributed by atoms with Gasteiger partial charge >= 0.3 is 0 Å². The molecule has 0 aliphatic rings. The molecule has 2 aromatic heterocycles. The van der Waals surface area contributed by atoms with E-state index in [1.54, 1.807) is 54.2 Å². The molecule has 2 heterocycles. The lowest BCUT2D eigenvalue weighted by atomic mass is 10.2. The van der Waals surface area contributed by atoms with Crippen LogP contribution in [0.3, 0.4) is 0 Å². The van der Waals surface area contributed by atoms with Gasteiger partial charge in [-0.1, -0.05) is 24.7 Å². The van der Waals surface area contributed by atoms with E-state index in [1.165, 1.54) is 27.8 Å². The van der Waals surface area contributed by atoms with Crippen molar-refractivity contribution in [1.29, 1.82) is 0 Å². The number of benzene rings is 2. The molecule has 2 aromatic carbocycles. The Morgan fingerprint density at radius 2 is 1.91 bits per heavy atom. The van der Waals surface area contributed by atoms with Crippen molar-refractivity contribution in [3.63, 3.8) is 0 Å². The van der Waals surface area contributed by atoms with Crippen LogP contribution < -0.4 is 4.90 Å². The van der Waals surface area contributed by atoms with Gasteiger partial charge in [0.15, 0.2) is 5.13 Å². The Bertz CT molecular complexity index is 1400. The first-order valence-corrected chi connectivity index (χ1v) is 14.7. The molecular weight excluding hydrogens is 502 g/mol. The third-order valence-corrected chi connectivity index (χ3v) is 9.23. The SMILES string of the molecule is CCCCN(C)S(=O)(=O)c1ccc(C(=O)N(Cc2ccco2)c2nc3ccc(SC)cc3s2)cc1. The van der Waals surface area contributed by atoms with E-state index >= 15 is 0 Å². The van der Waals surface area contributed by atoms with E-state index in [4.69, 9.17) is 9.40 Å². The van der Waals surface area contributed by atoms with Gasteiger partial charge in [0.25, 0.3) is 5.91 Å². The van der Waals surface area contributed by atoms with E-state index in [2.05, 4.69) is 6.07 Å². The van der Waals surface area contributed by atoms with Gasteiger partial charge in [0, 0.05) is 24.1 Å². The maximum Gasteiger partial charge on any atom is 0.260 e. The van der Waals surface area contributed by atoms with Crippen LogP contribution in [0.1, 0.15) is 35.9 Å². The first kappa shape index (κ1) is 25.4. The molecule has 4 rings (SSSR count). The highest BCUT2D eigenvalue weighted by Gasteiger charge is 2.25. The average Bonchev–Trinajstić information content (AvgIpc) is 3.54. The van der Waals surface area contributed by atoms with E-state index in [9.17, 15) is 13.2 Å². The summed E-state index contributed by atoms with van der Waals surface area (Å²) in [6.07, 6.45) is 5.27. The molecule has 0 saturated carbocycles. The van der Waals surface area contributed by atoms with Gasteiger partial charge in [-0.05, 0) is 67.3 Å². The molecule has 0 radical (unpaired) electrons. The molecule has 1 amide bonds. The molecule has 0 fully saturated rings. The van der Waals surface area contributed by atoms with Gasteiger partial charge in [-0.2, -0.15) is 0 Å². The minimum atomic E-state index is -3.61. The van der Waals surface area contributed by atoms with E-state index in [0.29, 0.717) is 23.0 Å². The summed E-state index contributed by atoms with van der Waals surface area (Å²) in [6, 6.07) is 15.7. The Balaban J connectivity index is 1.65. The highest BCUT2D eigenvalue weighted by Crippen LogP contribution is 2.33. The molecule has 10 heteroatoms. The number of thioether (sulfide) groups is 1. The predicted molar refractivity (Wildman–Crippen MR) is 142 cm³/mol. The molecule has 4 aromatic rings. The zero-order valence-corrected chi connectivity index (χ0v) is 22.3. The summed E-state index contributed by atoms with van der Waals surface area (Å²) in [4.78, 5) is 21.1. The number of thiazole rings is 1. The molecular formula is C25H27N3O4S3. The summed E-state index contributed by atoms with van der Waals surface area (Å²) in [5, 5.41) is 0.552. The molecule has 0 spiro atoms. The fraction of sp³-hybridized carbons (Fsp3) is 0.280. The van der Waals surface area contributed by atoms with Crippen LogP contribution >= 0.6 is 23.1 Å². The number of furan rings is 1. The van der Waals surface area contributed by atoms with Gasteiger partial charge in [-0.3, -0.25) is 9.69 Å². The number of sulfonamides is 1. The van der Waals surface area contributed by atoms with Crippen molar-refractivity contribution in [1.82, 2.24) is 9.29 Å². The van der Waals surface area contributed by atoms with E-state index < -0.39 is 10.0 Å². The van der Waals surface area contributed by atoms with E-state index in [-0.39, 0.29) is 17.3 Å². The number of anilines is 1. The van der Waals surface area contributed by atoms with Crippen molar-refractivity contribution in [3.05, 3.63) is 72.2 Å². The van der Waals surface area contributed by atoms with Crippen molar-refractivity contribution in [2.45, 2.75) is 36.1 Å². The Morgan fingerprint density at radius 3 is 2.57 bits per heavy atom. The fourth-order valence-electron chi connectivity index (χ4n) is 3.53. The van der Waals surface area contributed by atoms with Crippen molar-refractivity contribution in [3.8, 4) is 0 Å². The molecule has 0 unspecified atom stereocenters. The zero-order valence-electron chi connectivity index (χ0n) is 19.8. The Labute approximate surface area is 213 Å². The lowest BCUT2D eigenvalue weighted by molar-refractivity contribution is 0.0983. The van der Waals surface area contributed by atoms with Crippen LogP contribution in [0.2, 0.25) is 0 Å². The maximum atomic E-state index is 13.6. The van der Waals surface area contributed by atoms with Crippen LogP contribution in [0, 0.1) is 0 Å². The molecule has 35 heavy (non-hydrogen) atoms. The second-order valence-corrected chi connectivity index (χ2v) is 11.9. The first-order chi connectivity index (χ1) is 16.8. The van der Waals surface area contributed by atoms with Crippen LogP contribution in [0.5, 0.6) is 0 Å². The molecule has 0 saturated heterocycles. The summed E-state index contributed by atoms with van der Waals surface area (Å²) in [5.41, 5.74) is 1.19. The second kappa shape index (κ2) is 10.9. The van der Waals surface area contributed by atoms with Gasteiger partial charge < -0.3 is 4.42 Å². The number of hydrogen-bond donors (Lipinski definition) is 0. The minimum absolute atomic E-state index is 0.162. The average molecular weight is 530 g/mol. The number of aromatic nitrogens is 1. The van der Waals surface area contributed by atoms with Gasteiger partial charge in [0.05, 0.1) is 27.9 Å². The van der Waals surface area contributed by atoms with Crippen LogP contribution in [0.25, 0.3) is 10.2 Å². The molecule has 184 valence electrons. The fourth-order valence-corrected chi connectivity index (χ4v) is 6.25. The number of amides is 1. The number of unbranched alkanes of at least 4 members (excludes halogenated alkanes) is 1. The molecule has 7 nitrogen and oxygen atoms in total. The summed E-state index contributed by atoms with van der Waals surface area (Å²) < 4.78 is 33.5. The van der Waals surface area contributed by atoms with Gasteiger partial charge in [0.1, 0.15) is 5.76 Å². The highest BCUT2D eigenvalue weighted by molar-refractivity contribution is 7.98. The molecule has 0 N–H and O–H groups in total. The van der Waals surface area contributed by atoms with Crippen molar-refractivity contribution in [2.24, 2.45) is 0 Å². The number of fused-ring (bicyclic) bond motifs is 1. The number of rotatable bonds is 10. The minimum Gasteiger partial charge on any atom is -0.467 e. The van der Waals surface area contributed by atoms with Crippen LogP contribution in [0.15, 0.2) is 75.1 Å². The van der Waals surface area contributed by atoms with Crippen molar-refractivity contribution in [2.75, 3.05) is 24.7 Å². The molecule has 0 aliphatic heterocycles. The number of nitrogens with zero attached hydrogens (tertiary/aromatic N) is 3. The summed E-state index contributed by atoms with van der Waals surface area (Å²) in [7, 11) is -2.04. The normalized spacial score (nSPS) is 11.9. The van der Waals surface area contributed by atoms with Gasteiger partial charge in [-0.15, -0.1) is 11.8 Å². The first-order valence-electron chi connectivity index (χ1n) is 11.2. The molecule has 0 bridgehead atoms. The van der Waals surface area contributed by atoms with E-state index in [1.807, 2.05) is 25.3 Å². The standard InChI is InChI=1S/C25H27N3O4S3/c1-4-5-14-27(2)35(30,31)21-11-8-18(9-12-21)24(29)28(17-19-7-6-15-32-19)25-26-22-13-10-20(33-3)16-23(22)34-25/h6-13,15-16H,4-5,14,17H2,1-3H3. The van der Waals surface area contributed by atoms with Gasteiger partial charge in [0.2, 0.25) is 10.0 Å². The predicted octanol–water partition coefficient (Wildman–Crippen LogP) is 5.88. The highest BCUT2D eigenvalue weighted by atomic mass is 32.2. The topological polar surface area (TPSA) is 83.7 Å². The largest absolute Gasteiger partial charge is 0.467 e. The summed E-state index contributed by atoms with van der Waals surface area (Å²) >= 11 is 3.08. The number of hydrogen-bond acceptors (Lipinski definition) is 7. The summed E-state index contributed by atoms with van der Waals surface area (Å²) in [5.74, 6) is 0.341.